The van der Waals surface area contributed by atoms with Gasteiger partial charge in [0.15, 0.2) is 12.2 Å². The molecule has 31 heavy (non-hydrogen) atoms. The molecule has 1 N–H and O–H groups in total. The van der Waals surface area contributed by atoms with Gasteiger partial charge in [-0.15, -0.1) is 23.4 Å². The first-order valence-corrected chi connectivity index (χ1v) is 9.92. The molecular formula is C20H19F4N3O4. The van der Waals surface area contributed by atoms with Crippen LogP contribution in [0.25, 0.3) is 0 Å². The molecule has 4 aliphatic carbocycles. The minimum atomic E-state index is -4.78. The largest absolute Gasteiger partial charge is 0.523 e. The van der Waals surface area contributed by atoms with Crippen molar-refractivity contribution in [3.8, 4) is 5.75 Å². The number of hydrogen-bond acceptors (Lipinski definition) is 6. The van der Waals surface area contributed by atoms with Crippen molar-refractivity contribution in [1.29, 1.82) is 0 Å². The van der Waals surface area contributed by atoms with Crippen molar-refractivity contribution in [2.75, 3.05) is 6.61 Å². The number of benzene rings is 1. The van der Waals surface area contributed by atoms with Crippen molar-refractivity contribution in [2.24, 2.45) is 0 Å². The maximum absolute atomic E-state index is 13.2. The van der Waals surface area contributed by atoms with Crippen LogP contribution in [-0.4, -0.2) is 34.6 Å². The number of nitrogens with one attached hydrogen (secondary N) is 1. The average molecular weight is 441 g/mol. The van der Waals surface area contributed by atoms with E-state index in [1.165, 1.54) is 18.2 Å². The third kappa shape index (κ3) is 3.54. The van der Waals surface area contributed by atoms with E-state index >= 15 is 0 Å². The minimum absolute atomic E-state index is 0.141. The Kier molecular flexibility index (Phi) is 4.34. The predicted molar refractivity (Wildman–Crippen MR) is 95.3 cm³/mol. The molecule has 7 nitrogen and oxygen atoms in total. The zero-order valence-electron chi connectivity index (χ0n) is 16.3. The van der Waals surface area contributed by atoms with Crippen LogP contribution < -0.4 is 10.1 Å². The zero-order valence-corrected chi connectivity index (χ0v) is 16.3. The van der Waals surface area contributed by atoms with Crippen molar-refractivity contribution >= 4 is 5.91 Å². The van der Waals surface area contributed by atoms with Crippen LogP contribution in [0.1, 0.15) is 50.3 Å². The van der Waals surface area contributed by atoms with Gasteiger partial charge in [0.1, 0.15) is 11.6 Å². The second kappa shape index (κ2) is 6.65. The molecule has 4 fully saturated rings. The second-order valence-electron chi connectivity index (χ2n) is 8.69. The van der Waals surface area contributed by atoms with E-state index in [0.717, 1.165) is 0 Å². The lowest BCUT2D eigenvalue weighted by Gasteiger charge is -2.68. The third-order valence-corrected chi connectivity index (χ3v) is 6.34. The Bertz CT molecular complexity index is 998. The van der Waals surface area contributed by atoms with Gasteiger partial charge in [-0.2, -0.15) is 0 Å². The monoisotopic (exact) mass is 441 g/mol. The molecule has 166 valence electrons. The first-order chi connectivity index (χ1) is 14.6. The number of carbonyl (C=O) groups is 1. The standard InChI is InChI=1S/C20H19F4N3O4/c21-12-3-1-4-13(7-12)29-8-14(28)25-18-9-17(10-18,11-18)15-26-27-16(30-15)19(5-2-6-19)31-20(22,23)24/h1,3-4,7H,2,5-6,8-11H2,(H,25,28). The lowest BCUT2D eigenvalue weighted by molar-refractivity contribution is -0.387. The number of nitrogens with zero attached hydrogens (tertiary/aromatic N) is 2. The number of halogens is 4. The summed E-state index contributed by atoms with van der Waals surface area (Å²) in [5.74, 6) is -0.393. The maximum Gasteiger partial charge on any atom is 0.523 e. The Morgan fingerprint density at radius 3 is 2.48 bits per heavy atom. The summed E-state index contributed by atoms with van der Waals surface area (Å²) < 4.78 is 66.7. The molecule has 1 aromatic heterocycles. The molecule has 1 amide bonds. The van der Waals surface area contributed by atoms with Gasteiger partial charge in [0.05, 0.1) is 5.41 Å². The van der Waals surface area contributed by atoms with Gasteiger partial charge in [0.25, 0.3) is 5.91 Å². The van der Waals surface area contributed by atoms with Crippen LogP contribution in [0.15, 0.2) is 28.7 Å². The highest BCUT2D eigenvalue weighted by Crippen LogP contribution is 2.67. The lowest BCUT2D eigenvalue weighted by Crippen LogP contribution is -2.77. The van der Waals surface area contributed by atoms with Crippen LogP contribution in [0.4, 0.5) is 17.6 Å². The molecule has 0 spiro atoms. The third-order valence-electron chi connectivity index (χ3n) is 6.34. The molecule has 4 aliphatic rings. The Labute approximate surface area is 174 Å². The smallest absolute Gasteiger partial charge is 0.484 e. The van der Waals surface area contributed by atoms with Gasteiger partial charge in [-0.3, -0.25) is 9.53 Å². The topological polar surface area (TPSA) is 86.5 Å². The van der Waals surface area contributed by atoms with Crippen LogP contribution in [0.2, 0.25) is 0 Å². The van der Waals surface area contributed by atoms with E-state index in [1.807, 2.05) is 0 Å². The zero-order chi connectivity index (χ0) is 21.9. The van der Waals surface area contributed by atoms with Gasteiger partial charge < -0.3 is 14.5 Å². The summed E-state index contributed by atoms with van der Waals surface area (Å²) in [5, 5.41) is 10.7. The molecule has 6 rings (SSSR count). The molecule has 1 heterocycles. The fourth-order valence-corrected chi connectivity index (χ4v) is 4.89. The number of hydrogen-bond donors (Lipinski definition) is 1. The Hall–Kier alpha value is -2.69. The molecule has 2 aromatic rings. The van der Waals surface area contributed by atoms with Crippen LogP contribution >= 0.6 is 0 Å². The van der Waals surface area contributed by atoms with Crippen molar-refractivity contribution in [2.45, 2.75) is 61.4 Å². The Balaban J connectivity index is 1.16. The number of alkyl halides is 3. The lowest BCUT2D eigenvalue weighted by atomic mass is 9.39. The molecule has 0 aliphatic heterocycles. The van der Waals surface area contributed by atoms with Gasteiger partial charge in [0, 0.05) is 11.6 Å². The van der Waals surface area contributed by atoms with Gasteiger partial charge >= 0.3 is 6.36 Å². The molecule has 1 aromatic carbocycles. The van der Waals surface area contributed by atoms with Gasteiger partial charge in [-0.05, 0) is 50.7 Å². The fourth-order valence-electron chi connectivity index (χ4n) is 4.89. The summed E-state index contributed by atoms with van der Waals surface area (Å²) in [7, 11) is 0. The first-order valence-electron chi connectivity index (χ1n) is 9.92. The normalized spacial score (nSPS) is 28.1. The van der Waals surface area contributed by atoms with E-state index < -0.39 is 28.7 Å². The molecule has 0 unspecified atom stereocenters. The number of ether oxygens (including phenoxy) is 2. The van der Waals surface area contributed by atoms with E-state index in [1.54, 1.807) is 6.07 Å². The van der Waals surface area contributed by atoms with E-state index in [2.05, 4.69) is 20.3 Å². The van der Waals surface area contributed by atoms with Crippen molar-refractivity contribution in [3.05, 3.63) is 41.9 Å². The van der Waals surface area contributed by atoms with E-state index in [9.17, 15) is 22.4 Å². The van der Waals surface area contributed by atoms with Crippen LogP contribution in [0, 0.1) is 5.82 Å². The van der Waals surface area contributed by atoms with Crippen LogP contribution in [0.5, 0.6) is 5.75 Å². The highest BCUT2D eigenvalue weighted by Gasteiger charge is 2.72. The van der Waals surface area contributed by atoms with Crippen molar-refractivity contribution in [3.63, 3.8) is 0 Å². The quantitative estimate of drug-likeness (QED) is 0.662. The van der Waals surface area contributed by atoms with Crippen molar-refractivity contribution < 1.29 is 36.2 Å². The Morgan fingerprint density at radius 2 is 1.87 bits per heavy atom. The summed E-state index contributed by atoms with van der Waals surface area (Å²) in [6, 6.07) is 5.50. The van der Waals surface area contributed by atoms with Crippen LogP contribution in [0.3, 0.4) is 0 Å². The number of amides is 1. The molecule has 0 radical (unpaired) electrons. The summed E-state index contributed by atoms with van der Waals surface area (Å²) >= 11 is 0. The van der Waals surface area contributed by atoms with E-state index in [4.69, 9.17) is 9.15 Å². The van der Waals surface area contributed by atoms with E-state index in [0.29, 0.717) is 25.7 Å². The predicted octanol–water partition coefficient (Wildman–Crippen LogP) is 3.49. The molecule has 0 atom stereocenters. The van der Waals surface area contributed by atoms with Crippen molar-refractivity contribution in [1.82, 2.24) is 15.5 Å². The van der Waals surface area contributed by atoms with Gasteiger partial charge in [-0.25, -0.2) is 4.39 Å². The molecule has 4 saturated carbocycles. The molecule has 11 heteroatoms. The SMILES string of the molecule is O=C(COc1cccc(F)c1)NC12CC(c3nnc(C4(OC(F)(F)F)CCC4)o3)(C1)C2. The first kappa shape index (κ1) is 20.2. The van der Waals surface area contributed by atoms with Crippen LogP contribution in [-0.2, 0) is 20.5 Å². The fraction of sp³-hybridized carbons (Fsp3) is 0.550. The average Bonchev–Trinajstić information content (AvgIpc) is 3.07. The highest BCUT2D eigenvalue weighted by molar-refractivity contribution is 5.79. The molecule has 0 saturated heterocycles. The molecule has 2 bridgehead atoms. The number of carbonyl (C=O) groups excluding carboxylic acids is 1. The summed E-state index contributed by atoms with van der Waals surface area (Å²) in [6.07, 6.45) is -2.18. The van der Waals surface area contributed by atoms with E-state index in [-0.39, 0.29) is 42.9 Å². The minimum Gasteiger partial charge on any atom is -0.484 e. The Morgan fingerprint density at radius 1 is 1.16 bits per heavy atom. The number of rotatable bonds is 7. The second-order valence-corrected chi connectivity index (χ2v) is 8.69. The summed E-state index contributed by atoms with van der Waals surface area (Å²) in [4.78, 5) is 12.2. The summed E-state index contributed by atoms with van der Waals surface area (Å²) in [5.41, 5.74) is -2.42. The summed E-state index contributed by atoms with van der Waals surface area (Å²) in [6.45, 7) is -0.250. The molecular weight excluding hydrogens is 422 g/mol. The van der Waals surface area contributed by atoms with Gasteiger partial charge in [0.2, 0.25) is 11.8 Å². The highest BCUT2D eigenvalue weighted by atomic mass is 19.4. The number of aromatic nitrogens is 2. The van der Waals surface area contributed by atoms with Gasteiger partial charge in [-0.1, -0.05) is 6.07 Å². The maximum atomic E-state index is 13.2.